The second-order valence-electron chi connectivity index (χ2n) is 4.92. The molecule has 21 heavy (non-hydrogen) atoms. The lowest BCUT2D eigenvalue weighted by atomic mass is 10.1. The Morgan fingerprint density at radius 1 is 1.33 bits per heavy atom. The molecule has 1 unspecified atom stereocenters. The van der Waals surface area contributed by atoms with Gasteiger partial charge in [-0.05, 0) is 43.7 Å². The molecule has 0 fully saturated rings. The summed E-state index contributed by atoms with van der Waals surface area (Å²) in [5.74, 6) is 1.14. The molecule has 2 aromatic rings. The van der Waals surface area contributed by atoms with Gasteiger partial charge in [-0.15, -0.1) is 0 Å². The summed E-state index contributed by atoms with van der Waals surface area (Å²) >= 11 is 0. The number of rotatable bonds is 6. The average molecular weight is 288 g/mol. The molecule has 1 heterocycles. The van der Waals surface area contributed by atoms with E-state index in [2.05, 4.69) is 5.32 Å². The predicted molar refractivity (Wildman–Crippen MR) is 79.7 cm³/mol. The first-order valence-electron chi connectivity index (χ1n) is 6.88. The maximum absolute atomic E-state index is 12.0. The van der Waals surface area contributed by atoms with Crippen LogP contribution in [0.25, 0.3) is 0 Å². The van der Waals surface area contributed by atoms with Crippen molar-refractivity contribution in [3.63, 3.8) is 0 Å². The fourth-order valence-corrected chi connectivity index (χ4v) is 1.86. The van der Waals surface area contributed by atoms with Gasteiger partial charge in [0.25, 0.3) is 5.91 Å². The van der Waals surface area contributed by atoms with Crippen molar-refractivity contribution in [2.24, 2.45) is 5.73 Å². The van der Waals surface area contributed by atoms with Crippen LogP contribution in [-0.4, -0.2) is 12.0 Å². The van der Waals surface area contributed by atoms with Crippen molar-refractivity contribution < 1.29 is 13.9 Å². The highest BCUT2D eigenvalue weighted by Gasteiger charge is 2.15. The van der Waals surface area contributed by atoms with Crippen molar-refractivity contribution in [1.29, 1.82) is 0 Å². The lowest BCUT2D eigenvalue weighted by Crippen LogP contribution is -2.35. The molecular formula is C16H20N2O3. The monoisotopic (exact) mass is 288 g/mol. The van der Waals surface area contributed by atoms with E-state index in [0.29, 0.717) is 18.1 Å². The Labute approximate surface area is 124 Å². The minimum atomic E-state index is -0.594. The van der Waals surface area contributed by atoms with Crippen LogP contribution in [0.15, 0.2) is 47.1 Å². The van der Waals surface area contributed by atoms with Gasteiger partial charge < -0.3 is 20.2 Å². The van der Waals surface area contributed by atoms with Gasteiger partial charge in [-0.2, -0.15) is 0 Å². The molecule has 1 aromatic heterocycles. The van der Waals surface area contributed by atoms with E-state index in [-0.39, 0.29) is 11.9 Å². The van der Waals surface area contributed by atoms with Gasteiger partial charge in [-0.1, -0.05) is 12.1 Å². The summed E-state index contributed by atoms with van der Waals surface area (Å²) in [5.41, 5.74) is 6.80. The van der Waals surface area contributed by atoms with Crippen molar-refractivity contribution in [2.45, 2.75) is 32.5 Å². The third-order valence-corrected chi connectivity index (χ3v) is 3.08. The van der Waals surface area contributed by atoms with Crippen LogP contribution in [0.4, 0.5) is 0 Å². The number of benzene rings is 1. The number of hydrogen-bond donors (Lipinski definition) is 2. The Morgan fingerprint density at radius 3 is 2.81 bits per heavy atom. The van der Waals surface area contributed by atoms with Crippen LogP contribution in [0.2, 0.25) is 0 Å². The van der Waals surface area contributed by atoms with Crippen LogP contribution >= 0.6 is 0 Å². The second-order valence-corrected chi connectivity index (χ2v) is 4.92. The highest BCUT2D eigenvalue weighted by atomic mass is 16.5. The Morgan fingerprint density at radius 2 is 2.14 bits per heavy atom. The zero-order chi connectivity index (χ0) is 15.2. The molecule has 0 aliphatic heterocycles. The quantitative estimate of drug-likeness (QED) is 0.855. The molecule has 1 aromatic carbocycles. The summed E-state index contributed by atoms with van der Waals surface area (Å²) in [6.07, 6.45) is 0.976. The number of ether oxygens (including phenoxy) is 1. The van der Waals surface area contributed by atoms with Gasteiger partial charge in [0.2, 0.25) is 0 Å². The molecule has 2 atom stereocenters. The lowest BCUT2D eigenvalue weighted by molar-refractivity contribution is -0.127. The van der Waals surface area contributed by atoms with Gasteiger partial charge in [0.05, 0.1) is 12.8 Å². The maximum Gasteiger partial charge on any atom is 0.261 e. The van der Waals surface area contributed by atoms with Crippen LogP contribution in [0, 0.1) is 0 Å². The van der Waals surface area contributed by atoms with Crippen molar-refractivity contribution in [3.05, 3.63) is 54.0 Å². The second kappa shape index (κ2) is 6.95. The molecule has 5 heteroatoms. The first-order chi connectivity index (χ1) is 10.1. The molecule has 0 saturated carbocycles. The molecule has 2 rings (SSSR count). The Bertz CT molecular complexity index is 579. The highest BCUT2D eigenvalue weighted by molar-refractivity contribution is 5.80. The van der Waals surface area contributed by atoms with Gasteiger partial charge in [0, 0.05) is 6.04 Å². The Balaban J connectivity index is 1.89. The third kappa shape index (κ3) is 4.36. The number of amides is 1. The van der Waals surface area contributed by atoms with Crippen molar-refractivity contribution in [3.8, 4) is 5.75 Å². The minimum absolute atomic E-state index is 0.0726. The number of nitrogens with two attached hydrogens (primary N) is 1. The first-order valence-corrected chi connectivity index (χ1v) is 6.88. The lowest BCUT2D eigenvalue weighted by Gasteiger charge is -2.15. The minimum Gasteiger partial charge on any atom is -0.481 e. The van der Waals surface area contributed by atoms with Crippen LogP contribution in [0.1, 0.15) is 31.2 Å². The fraction of sp³-hybridized carbons (Fsp3) is 0.312. The van der Waals surface area contributed by atoms with Gasteiger partial charge >= 0.3 is 0 Å². The zero-order valence-electron chi connectivity index (χ0n) is 12.2. The van der Waals surface area contributed by atoms with Gasteiger partial charge in [-0.3, -0.25) is 4.79 Å². The molecule has 0 spiro atoms. The number of carbonyl (C=O) groups is 1. The summed E-state index contributed by atoms with van der Waals surface area (Å²) in [7, 11) is 0. The van der Waals surface area contributed by atoms with E-state index in [1.807, 2.05) is 31.2 Å². The first kappa shape index (κ1) is 15.1. The molecule has 112 valence electrons. The zero-order valence-corrected chi connectivity index (χ0v) is 12.2. The van der Waals surface area contributed by atoms with Crippen LogP contribution in [0.5, 0.6) is 5.75 Å². The standard InChI is InChI=1S/C16H20N2O3/c1-11(17)13-5-3-6-14(9-13)21-12(2)16(19)18-10-15-7-4-8-20-15/h3-9,11-12H,10,17H2,1-2H3,(H,18,19)/t11-,12?/m1/s1. The van der Waals surface area contributed by atoms with Crippen molar-refractivity contribution in [1.82, 2.24) is 5.32 Å². The Hall–Kier alpha value is -2.27. The number of furan rings is 1. The average Bonchev–Trinajstić information content (AvgIpc) is 2.98. The molecule has 0 aliphatic rings. The molecule has 0 saturated heterocycles. The number of hydrogen-bond acceptors (Lipinski definition) is 4. The molecule has 0 bridgehead atoms. The van der Waals surface area contributed by atoms with Crippen molar-refractivity contribution >= 4 is 5.91 Å². The van der Waals surface area contributed by atoms with Crippen LogP contribution < -0.4 is 15.8 Å². The maximum atomic E-state index is 12.0. The van der Waals surface area contributed by atoms with E-state index in [9.17, 15) is 4.79 Å². The van der Waals surface area contributed by atoms with Crippen LogP contribution in [-0.2, 0) is 11.3 Å². The van der Waals surface area contributed by atoms with Gasteiger partial charge in [0.1, 0.15) is 11.5 Å². The molecule has 1 amide bonds. The molecule has 3 N–H and O–H groups in total. The summed E-state index contributed by atoms with van der Waals surface area (Å²) < 4.78 is 10.8. The van der Waals surface area contributed by atoms with E-state index < -0.39 is 6.10 Å². The topological polar surface area (TPSA) is 77.5 Å². The highest BCUT2D eigenvalue weighted by Crippen LogP contribution is 2.18. The SMILES string of the molecule is CC(Oc1cccc([C@@H](C)N)c1)C(=O)NCc1ccco1. The number of nitrogens with one attached hydrogen (secondary N) is 1. The Kier molecular flexibility index (Phi) is 5.00. The van der Waals surface area contributed by atoms with E-state index in [0.717, 1.165) is 5.56 Å². The number of carbonyl (C=O) groups excluding carboxylic acids is 1. The summed E-state index contributed by atoms with van der Waals surface area (Å²) in [6, 6.07) is 11.0. The van der Waals surface area contributed by atoms with Gasteiger partial charge in [-0.25, -0.2) is 0 Å². The third-order valence-electron chi connectivity index (χ3n) is 3.08. The van der Waals surface area contributed by atoms with E-state index >= 15 is 0 Å². The molecular weight excluding hydrogens is 268 g/mol. The predicted octanol–water partition coefficient (Wildman–Crippen LogP) is 2.38. The summed E-state index contributed by atoms with van der Waals surface area (Å²) in [4.78, 5) is 12.0. The smallest absolute Gasteiger partial charge is 0.261 e. The molecule has 0 aliphatic carbocycles. The summed E-state index contributed by atoms with van der Waals surface area (Å²) in [5, 5.41) is 2.76. The summed E-state index contributed by atoms with van der Waals surface area (Å²) in [6.45, 7) is 3.95. The van der Waals surface area contributed by atoms with Crippen molar-refractivity contribution in [2.75, 3.05) is 0 Å². The molecule has 5 nitrogen and oxygen atoms in total. The van der Waals surface area contributed by atoms with E-state index in [1.54, 1.807) is 25.3 Å². The van der Waals surface area contributed by atoms with E-state index in [4.69, 9.17) is 14.9 Å². The fourth-order valence-electron chi connectivity index (χ4n) is 1.86. The van der Waals surface area contributed by atoms with Crippen LogP contribution in [0.3, 0.4) is 0 Å². The van der Waals surface area contributed by atoms with E-state index in [1.165, 1.54) is 0 Å². The van der Waals surface area contributed by atoms with Gasteiger partial charge in [0.15, 0.2) is 6.10 Å². The molecule has 0 radical (unpaired) electrons. The largest absolute Gasteiger partial charge is 0.481 e. The normalized spacial score (nSPS) is 13.5.